The molecular weight excluding hydrogens is 196 g/mol. The van der Waals surface area contributed by atoms with Crippen LogP contribution in [0.5, 0.6) is 0 Å². The number of likely N-dealkylation sites (N-methyl/N-ethyl adjacent to an activating group) is 2. The molecule has 0 spiro atoms. The number of rotatable bonds is 6. The summed E-state index contributed by atoms with van der Waals surface area (Å²) in [6.07, 6.45) is 0. The zero-order valence-electron chi connectivity index (χ0n) is 11.0. The molecule has 2 heteroatoms. The molecule has 0 aliphatic rings. The maximum absolute atomic E-state index is 3.35. The van der Waals surface area contributed by atoms with Crippen molar-refractivity contribution in [2.24, 2.45) is 0 Å². The first-order valence-corrected chi connectivity index (χ1v) is 6.08. The van der Waals surface area contributed by atoms with Crippen LogP contribution in [-0.4, -0.2) is 31.6 Å². The first-order valence-electron chi connectivity index (χ1n) is 6.08. The molecular formula is C14H24N2. The van der Waals surface area contributed by atoms with Crippen molar-refractivity contribution in [2.75, 3.05) is 26.7 Å². The molecule has 0 bridgehead atoms. The van der Waals surface area contributed by atoms with E-state index in [4.69, 9.17) is 0 Å². The minimum absolute atomic E-state index is 1.04. The third kappa shape index (κ3) is 4.77. The smallest absolute Gasteiger partial charge is 0.0231 e. The van der Waals surface area contributed by atoms with E-state index in [2.05, 4.69) is 56.2 Å². The lowest BCUT2D eigenvalue weighted by atomic mass is 10.1. The molecule has 0 aliphatic heterocycles. The van der Waals surface area contributed by atoms with Crippen molar-refractivity contribution >= 4 is 0 Å². The molecule has 0 amide bonds. The molecule has 0 heterocycles. The van der Waals surface area contributed by atoms with Gasteiger partial charge in [0.1, 0.15) is 0 Å². The number of aryl methyl sites for hydroxylation is 2. The molecule has 1 aromatic rings. The van der Waals surface area contributed by atoms with Crippen LogP contribution in [0.4, 0.5) is 0 Å². The summed E-state index contributed by atoms with van der Waals surface area (Å²) >= 11 is 0. The van der Waals surface area contributed by atoms with Gasteiger partial charge in [-0.1, -0.05) is 36.2 Å². The molecule has 2 nitrogen and oxygen atoms in total. The van der Waals surface area contributed by atoms with Crippen LogP contribution in [0.25, 0.3) is 0 Å². The summed E-state index contributed by atoms with van der Waals surface area (Å²) in [5.74, 6) is 0. The van der Waals surface area contributed by atoms with Crippen LogP contribution < -0.4 is 5.32 Å². The van der Waals surface area contributed by atoms with E-state index in [1.165, 1.54) is 16.7 Å². The van der Waals surface area contributed by atoms with E-state index in [1.54, 1.807) is 0 Å². The van der Waals surface area contributed by atoms with Gasteiger partial charge in [-0.25, -0.2) is 0 Å². The van der Waals surface area contributed by atoms with Gasteiger partial charge in [0.15, 0.2) is 0 Å². The number of nitrogens with one attached hydrogen (secondary N) is 1. The Bertz CT molecular complexity index is 300. The summed E-state index contributed by atoms with van der Waals surface area (Å²) in [6.45, 7) is 10.7. The van der Waals surface area contributed by atoms with Gasteiger partial charge >= 0.3 is 0 Å². The van der Waals surface area contributed by atoms with Gasteiger partial charge in [-0.2, -0.15) is 0 Å². The molecule has 0 saturated carbocycles. The van der Waals surface area contributed by atoms with Crippen molar-refractivity contribution in [3.8, 4) is 0 Å². The maximum Gasteiger partial charge on any atom is 0.0231 e. The van der Waals surface area contributed by atoms with Crippen LogP contribution >= 0.6 is 0 Å². The second-order valence-electron chi connectivity index (χ2n) is 4.59. The molecule has 0 saturated heterocycles. The highest BCUT2D eigenvalue weighted by atomic mass is 15.1. The summed E-state index contributed by atoms with van der Waals surface area (Å²) in [7, 11) is 2.18. The molecule has 0 aromatic heterocycles. The zero-order valence-corrected chi connectivity index (χ0v) is 11.0. The largest absolute Gasteiger partial charge is 0.316 e. The van der Waals surface area contributed by atoms with E-state index in [1.807, 2.05) is 0 Å². The Morgan fingerprint density at radius 1 is 1.12 bits per heavy atom. The van der Waals surface area contributed by atoms with E-state index in [0.29, 0.717) is 0 Å². The third-order valence-corrected chi connectivity index (χ3v) is 2.65. The predicted molar refractivity (Wildman–Crippen MR) is 70.8 cm³/mol. The summed E-state index contributed by atoms with van der Waals surface area (Å²) in [6, 6.07) is 6.77. The van der Waals surface area contributed by atoms with E-state index in [-0.39, 0.29) is 0 Å². The lowest BCUT2D eigenvalue weighted by Crippen LogP contribution is -2.28. The van der Waals surface area contributed by atoms with Crippen molar-refractivity contribution in [1.29, 1.82) is 0 Å². The minimum Gasteiger partial charge on any atom is -0.316 e. The average molecular weight is 220 g/mol. The van der Waals surface area contributed by atoms with Crippen LogP contribution in [0, 0.1) is 13.8 Å². The topological polar surface area (TPSA) is 15.3 Å². The van der Waals surface area contributed by atoms with E-state index >= 15 is 0 Å². The SMILES string of the molecule is CCNCCN(C)Cc1cc(C)cc(C)c1. The summed E-state index contributed by atoms with van der Waals surface area (Å²) in [5, 5.41) is 3.35. The maximum atomic E-state index is 3.35. The van der Waals surface area contributed by atoms with Crippen LogP contribution in [0.2, 0.25) is 0 Å². The van der Waals surface area contributed by atoms with Gasteiger partial charge in [0.25, 0.3) is 0 Å². The third-order valence-electron chi connectivity index (χ3n) is 2.65. The Balaban J connectivity index is 2.45. The number of hydrogen-bond donors (Lipinski definition) is 1. The Morgan fingerprint density at radius 3 is 2.31 bits per heavy atom. The lowest BCUT2D eigenvalue weighted by Gasteiger charge is -2.17. The highest BCUT2D eigenvalue weighted by Crippen LogP contribution is 2.10. The predicted octanol–water partition coefficient (Wildman–Crippen LogP) is 2.34. The van der Waals surface area contributed by atoms with Gasteiger partial charge in [0, 0.05) is 19.6 Å². The zero-order chi connectivity index (χ0) is 12.0. The fourth-order valence-electron chi connectivity index (χ4n) is 2.00. The average Bonchev–Trinajstić information content (AvgIpc) is 2.16. The normalized spacial score (nSPS) is 11.1. The molecule has 0 aliphatic carbocycles. The molecule has 1 N–H and O–H groups in total. The number of benzene rings is 1. The van der Waals surface area contributed by atoms with Gasteiger partial charge in [0.05, 0.1) is 0 Å². The molecule has 0 atom stereocenters. The number of nitrogens with zero attached hydrogens (tertiary/aromatic N) is 1. The molecule has 1 rings (SSSR count). The van der Waals surface area contributed by atoms with Gasteiger partial charge in [-0.15, -0.1) is 0 Å². The number of hydrogen-bond acceptors (Lipinski definition) is 2. The molecule has 16 heavy (non-hydrogen) atoms. The standard InChI is InChI=1S/C14H24N2/c1-5-15-6-7-16(4)11-14-9-12(2)8-13(3)10-14/h8-10,15H,5-7,11H2,1-4H3. The van der Waals surface area contributed by atoms with Crippen LogP contribution in [0.1, 0.15) is 23.6 Å². The molecule has 90 valence electrons. The van der Waals surface area contributed by atoms with Crippen molar-refractivity contribution in [2.45, 2.75) is 27.3 Å². The van der Waals surface area contributed by atoms with Crippen molar-refractivity contribution in [1.82, 2.24) is 10.2 Å². The first-order chi connectivity index (χ1) is 7.61. The molecule has 0 unspecified atom stereocenters. The highest BCUT2D eigenvalue weighted by Gasteiger charge is 2.01. The Labute approximate surface area is 99.7 Å². The van der Waals surface area contributed by atoms with Crippen LogP contribution in [-0.2, 0) is 6.54 Å². The van der Waals surface area contributed by atoms with E-state index in [0.717, 1.165) is 26.2 Å². The monoisotopic (exact) mass is 220 g/mol. The van der Waals surface area contributed by atoms with Gasteiger partial charge in [0.2, 0.25) is 0 Å². The van der Waals surface area contributed by atoms with E-state index < -0.39 is 0 Å². The highest BCUT2D eigenvalue weighted by molar-refractivity contribution is 5.28. The quantitative estimate of drug-likeness (QED) is 0.740. The Hall–Kier alpha value is -0.860. The van der Waals surface area contributed by atoms with Crippen LogP contribution in [0.3, 0.4) is 0 Å². The molecule has 0 fully saturated rings. The summed E-state index contributed by atoms with van der Waals surface area (Å²) in [4.78, 5) is 2.36. The van der Waals surface area contributed by atoms with E-state index in [9.17, 15) is 0 Å². The molecule has 1 aromatic carbocycles. The van der Waals surface area contributed by atoms with Crippen molar-refractivity contribution in [3.05, 3.63) is 34.9 Å². The van der Waals surface area contributed by atoms with Gasteiger partial charge in [-0.05, 0) is 33.0 Å². The fourth-order valence-corrected chi connectivity index (χ4v) is 2.00. The Kier molecular flexibility index (Phi) is 5.50. The lowest BCUT2D eigenvalue weighted by molar-refractivity contribution is 0.325. The summed E-state index contributed by atoms with van der Waals surface area (Å²) in [5.41, 5.74) is 4.13. The molecule has 0 radical (unpaired) electrons. The van der Waals surface area contributed by atoms with Crippen molar-refractivity contribution in [3.63, 3.8) is 0 Å². The minimum atomic E-state index is 1.04. The van der Waals surface area contributed by atoms with Crippen LogP contribution in [0.15, 0.2) is 18.2 Å². The second kappa shape index (κ2) is 6.66. The first kappa shape index (κ1) is 13.2. The summed E-state index contributed by atoms with van der Waals surface area (Å²) < 4.78 is 0. The van der Waals surface area contributed by atoms with Gasteiger partial charge in [-0.3, -0.25) is 0 Å². The van der Waals surface area contributed by atoms with Crippen molar-refractivity contribution < 1.29 is 0 Å². The second-order valence-corrected chi connectivity index (χ2v) is 4.59. The fraction of sp³-hybridized carbons (Fsp3) is 0.571. The van der Waals surface area contributed by atoms with Gasteiger partial charge < -0.3 is 10.2 Å². The Morgan fingerprint density at radius 2 is 1.75 bits per heavy atom.